The molecule has 0 aromatic heterocycles. The Labute approximate surface area is 94.5 Å². The third-order valence-electron chi connectivity index (χ3n) is 1.90. The van der Waals surface area contributed by atoms with Crippen molar-refractivity contribution < 1.29 is 14.6 Å². The molecule has 1 N–H and O–H groups in total. The first-order valence-corrected chi connectivity index (χ1v) is 5.11. The molecule has 1 aliphatic rings. The Hall–Kier alpha value is -1.04. The highest BCUT2D eigenvalue weighted by molar-refractivity contribution is 14.1. The van der Waals surface area contributed by atoms with Crippen LogP contribution < -0.4 is 4.74 Å². The second-order valence-corrected chi connectivity index (χ2v) is 4.09. The lowest BCUT2D eigenvalue weighted by Crippen LogP contribution is -2.06. The van der Waals surface area contributed by atoms with Gasteiger partial charge in [0.15, 0.2) is 12.4 Å². The van der Waals surface area contributed by atoms with Gasteiger partial charge in [-0.15, -0.1) is 0 Å². The molecule has 4 heteroatoms. The first kappa shape index (κ1) is 9.51. The Morgan fingerprint density at radius 1 is 1.36 bits per heavy atom. The standard InChI is InChI=1S/C10H7IO3/c11-8-3-6-1-2-7(12)5-14-10(6)4-9(8)13/h1-4,13H,5H2. The average Bonchev–Trinajstić information content (AvgIpc) is 2.31. The molecule has 1 heterocycles. The Morgan fingerprint density at radius 2 is 2.14 bits per heavy atom. The molecular formula is C10H7IO3. The molecule has 1 aromatic rings. The summed E-state index contributed by atoms with van der Waals surface area (Å²) in [4.78, 5) is 11.0. The van der Waals surface area contributed by atoms with Crippen LogP contribution in [0.25, 0.3) is 6.08 Å². The number of fused-ring (bicyclic) bond motifs is 1. The minimum absolute atomic E-state index is 0.0313. The van der Waals surface area contributed by atoms with Crippen LogP contribution in [-0.4, -0.2) is 17.5 Å². The molecule has 0 aliphatic carbocycles. The van der Waals surface area contributed by atoms with Gasteiger partial charge in [-0.05, 0) is 40.8 Å². The van der Waals surface area contributed by atoms with Gasteiger partial charge >= 0.3 is 0 Å². The Balaban J connectivity index is 2.52. The van der Waals surface area contributed by atoms with Crippen molar-refractivity contribution in [3.8, 4) is 11.5 Å². The lowest BCUT2D eigenvalue weighted by Gasteiger charge is -2.07. The van der Waals surface area contributed by atoms with Gasteiger partial charge in [0.1, 0.15) is 11.5 Å². The van der Waals surface area contributed by atoms with Gasteiger partial charge in [-0.1, -0.05) is 0 Å². The zero-order valence-electron chi connectivity index (χ0n) is 7.16. The molecule has 0 radical (unpaired) electrons. The van der Waals surface area contributed by atoms with Gasteiger partial charge in [-0.25, -0.2) is 0 Å². The van der Waals surface area contributed by atoms with Crippen molar-refractivity contribution in [3.63, 3.8) is 0 Å². The number of carbonyl (C=O) groups is 1. The van der Waals surface area contributed by atoms with Crippen LogP contribution in [0.1, 0.15) is 5.56 Å². The smallest absolute Gasteiger partial charge is 0.193 e. The summed E-state index contributed by atoms with van der Waals surface area (Å²) in [6.07, 6.45) is 3.19. The van der Waals surface area contributed by atoms with Crippen LogP contribution in [0.3, 0.4) is 0 Å². The van der Waals surface area contributed by atoms with E-state index in [2.05, 4.69) is 0 Å². The lowest BCUT2D eigenvalue weighted by atomic mass is 10.2. The molecule has 1 aromatic carbocycles. The first-order valence-electron chi connectivity index (χ1n) is 4.03. The zero-order chi connectivity index (χ0) is 10.1. The van der Waals surface area contributed by atoms with E-state index in [0.29, 0.717) is 5.75 Å². The van der Waals surface area contributed by atoms with Crippen molar-refractivity contribution in [2.75, 3.05) is 6.61 Å². The Bertz CT molecular complexity index is 424. The van der Waals surface area contributed by atoms with Gasteiger partial charge in [0.2, 0.25) is 0 Å². The molecule has 0 saturated carbocycles. The maximum Gasteiger partial charge on any atom is 0.193 e. The maximum atomic E-state index is 11.0. The molecule has 0 unspecified atom stereocenters. The summed E-state index contributed by atoms with van der Waals surface area (Å²) in [5.41, 5.74) is 0.818. The van der Waals surface area contributed by atoms with Gasteiger partial charge in [0, 0.05) is 11.6 Å². The predicted molar refractivity (Wildman–Crippen MR) is 60.4 cm³/mol. The number of ether oxygens (including phenoxy) is 1. The molecule has 0 saturated heterocycles. The first-order chi connectivity index (χ1) is 6.66. The molecule has 0 fully saturated rings. The number of phenols is 1. The van der Waals surface area contributed by atoms with E-state index < -0.39 is 0 Å². The fourth-order valence-electron chi connectivity index (χ4n) is 1.19. The van der Waals surface area contributed by atoms with Crippen molar-refractivity contribution in [2.24, 2.45) is 0 Å². The van der Waals surface area contributed by atoms with Crippen LogP contribution in [0.4, 0.5) is 0 Å². The summed E-state index contributed by atoms with van der Waals surface area (Å²) < 4.78 is 5.96. The molecule has 14 heavy (non-hydrogen) atoms. The monoisotopic (exact) mass is 302 g/mol. The number of phenolic OH excluding ortho intramolecular Hbond substituents is 1. The number of halogens is 1. The van der Waals surface area contributed by atoms with E-state index in [-0.39, 0.29) is 18.1 Å². The summed E-state index contributed by atoms with van der Waals surface area (Å²) in [6, 6.07) is 3.31. The molecular weight excluding hydrogens is 295 g/mol. The van der Waals surface area contributed by atoms with E-state index >= 15 is 0 Å². The third-order valence-corrected chi connectivity index (χ3v) is 2.76. The van der Waals surface area contributed by atoms with Crippen molar-refractivity contribution in [3.05, 3.63) is 27.3 Å². The minimum atomic E-state index is -0.0734. The SMILES string of the molecule is O=C1C=Cc2cc(I)c(O)cc2OC1. The van der Waals surface area contributed by atoms with Crippen LogP contribution in [0.2, 0.25) is 0 Å². The number of rotatable bonds is 0. The van der Waals surface area contributed by atoms with Gasteiger partial charge in [-0.3, -0.25) is 4.79 Å². The van der Waals surface area contributed by atoms with Gasteiger partial charge in [0.25, 0.3) is 0 Å². The summed E-state index contributed by atoms with van der Waals surface area (Å²) in [5.74, 6) is 0.646. The number of hydrogen-bond donors (Lipinski definition) is 1. The van der Waals surface area contributed by atoms with Crippen molar-refractivity contribution >= 4 is 34.5 Å². The predicted octanol–water partition coefficient (Wildman–Crippen LogP) is 1.97. The highest BCUT2D eigenvalue weighted by atomic mass is 127. The van der Waals surface area contributed by atoms with Crippen LogP contribution in [-0.2, 0) is 4.79 Å². The van der Waals surface area contributed by atoms with Gasteiger partial charge < -0.3 is 9.84 Å². The molecule has 2 rings (SSSR count). The highest BCUT2D eigenvalue weighted by Gasteiger charge is 2.11. The van der Waals surface area contributed by atoms with Crippen molar-refractivity contribution in [1.29, 1.82) is 0 Å². The molecule has 0 atom stereocenters. The fraction of sp³-hybridized carbons (Fsp3) is 0.100. The van der Waals surface area contributed by atoms with Crippen molar-refractivity contribution in [2.45, 2.75) is 0 Å². The van der Waals surface area contributed by atoms with E-state index in [4.69, 9.17) is 4.74 Å². The molecule has 1 aliphatic heterocycles. The number of hydrogen-bond acceptors (Lipinski definition) is 3. The third kappa shape index (κ3) is 1.75. The van der Waals surface area contributed by atoms with Gasteiger partial charge in [-0.2, -0.15) is 0 Å². The van der Waals surface area contributed by atoms with Crippen LogP contribution in [0.5, 0.6) is 11.5 Å². The van der Waals surface area contributed by atoms with Crippen LogP contribution in [0, 0.1) is 3.57 Å². The highest BCUT2D eigenvalue weighted by Crippen LogP contribution is 2.31. The molecule has 0 spiro atoms. The van der Waals surface area contributed by atoms with Crippen LogP contribution in [0.15, 0.2) is 18.2 Å². The zero-order valence-corrected chi connectivity index (χ0v) is 9.32. The van der Waals surface area contributed by atoms with Crippen molar-refractivity contribution in [1.82, 2.24) is 0 Å². The fourth-order valence-corrected chi connectivity index (χ4v) is 1.68. The number of benzene rings is 1. The Kier molecular flexibility index (Phi) is 2.45. The lowest BCUT2D eigenvalue weighted by molar-refractivity contribution is -0.116. The van der Waals surface area contributed by atoms with E-state index in [1.165, 1.54) is 12.1 Å². The average molecular weight is 302 g/mol. The van der Waals surface area contributed by atoms with Gasteiger partial charge in [0.05, 0.1) is 3.57 Å². The topological polar surface area (TPSA) is 46.5 Å². The minimum Gasteiger partial charge on any atom is -0.507 e. The number of aromatic hydroxyl groups is 1. The van der Waals surface area contributed by atoms with E-state index in [1.54, 1.807) is 12.1 Å². The van der Waals surface area contributed by atoms with Crippen LogP contribution >= 0.6 is 22.6 Å². The maximum absolute atomic E-state index is 11.0. The van der Waals surface area contributed by atoms with E-state index in [0.717, 1.165) is 9.13 Å². The molecule has 72 valence electrons. The molecule has 0 bridgehead atoms. The quantitative estimate of drug-likeness (QED) is 0.745. The second-order valence-electron chi connectivity index (χ2n) is 2.93. The summed E-state index contributed by atoms with van der Waals surface area (Å²) in [5, 5.41) is 9.44. The Morgan fingerprint density at radius 3 is 2.93 bits per heavy atom. The number of carbonyl (C=O) groups excluding carboxylic acids is 1. The summed E-state index contributed by atoms with van der Waals surface area (Å²) >= 11 is 2.02. The molecule has 0 amide bonds. The summed E-state index contributed by atoms with van der Waals surface area (Å²) in [6.45, 7) is 0.0313. The molecule has 3 nitrogen and oxygen atoms in total. The van der Waals surface area contributed by atoms with E-state index in [1.807, 2.05) is 22.6 Å². The largest absolute Gasteiger partial charge is 0.507 e. The normalized spacial score (nSPS) is 14.5. The summed E-state index contributed by atoms with van der Waals surface area (Å²) in [7, 11) is 0. The van der Waals surface area contributed by atoms with E-state index in [9.17, 15) is 9.90 Å². The second kappa shape index (κ2) is 3.61. The number of ketones is 1.